The topological polar surface area (TPSA) is 80.0 Å². The standard InChI is InChI=1S/C22H23FN4O2/c1-3-4-20-12-25-21(27(20)14-16-5-7-18(23)8-6-16)13-24-11-19-10-17(22(28)29)9-15(2)26-19/h3-10,12,24H,11,13-14H2,1-2H3,(H,28,29). The molecular formula is C22H23FN4O2. The molecule has 2 heterocycles. The predicted octanol–water partition coefficient (Wildman–Crippen LogP) is 3.80. The predicted molar refractivity (Wildman–Crippen MR) is 109 cm³/mol. The molecule has 0 radical (unpaired) electrons. The smallest absolute Gasteiger partial charge is 0.335 e. The molecule has 0 atom stereocenters. The van der Waals surface area contributed by atoms with Crippen molar-refractivity contribution in [1.82, 2.24) is 19.9 Å². The molecule has 1 aromatic carbocycles. The van der Waals surface area contributed by atoms with E-state index in [1.807, 2.05) is 19.1 Å². The number of hydrogen-bond acceptors (Lipinski definition) is 4. The van der Waals surface area contributed by atoms with E-state index < -0.39 is 5.97 Å². The summed E-state index contributed by atoms with van der Waals surface area (Å²) in [5.41, 5.74) is 3.48. The highest BCUT2D eigenvalue weighted by molar-refractivity contribution is 5.87. The first-order valence-corrected chi connectivity index (χ1v) is 9.29. The van der Waals surface area contributed by atoms with Crippen LogP contribution in [0.25, 0.3) is 6.08 Å². The van der Waals surface area contributed by atoms with Crippen LogP contribution in [0.5, 0.6) is 0 Å². The Labute approximate surface area is 168 Å². The molecule has 0 aliphatic heterocycles. The molecule has 0 bridgehead atoms. The SMILES string of the molecule is CC=Cc1cnc(CNCc2cc(C(=O)O)cc(C)n2)n1Cc1ccc(F)cc1. The van der Waals surface area contributed by atoms with E-state index in [2.05, 4.69) is 19.9 Å². The first-order valence-electron chi connectivity index (χ1n) is 9.29. The number of halogens is 1. The van der Waals surface area contributed by atoms with Gasteiger partial charge < -0.3 is 15.0 Å². The highest BCUT2D eigenvalue weighted by Crippen LogP contribution is 2.13. The van der Waals surface area contributed by atoms with Crippen molar-refractivity contribution in [2.75, 3.05) is 0 Å². The van der Waals surface area contributed by atoms with Gasteiger partial charge in [-0.15, -0.1) is 0 Å². The number of aromatic nitrogens is 3. The van der Waals surface area contributed by atoms with Gasteiger partial charge in [-0.3, -0.25) is 4.98 Å². The molecule has 0 aliphatic rings. The average Bonchev–Trinajstić information content (AvgIpc) is 3.05. The zero-order valence-electron chi connectivity index (χ0n) is 16.4. The molecule has 0 saturated carbocycles. The number of benzene rings is 1. The van der Waals surface area contributed by atoms with Gasteiger partial charge in [0, 0.05) is 18.8 Å². The summed E-state index contributed by atoms with van der Waals surface area (Å²) >= 11 is 0. The summed E-state index contributed by atoms with van der Waals surface area (Å²) < 4.78 is 15.3. The molecule has 0 fully saturated rings. The van der Waals surface area contributed by atoms with Gasteiger partial charge in [-0.05, 0) is 49.8 Å². The lowest BCUT2D eigenvalue weighted by Crippen LogP contribution is -2.19. The van der Waals surface area contributed by atoms with Crippen LogP contribution in [-0.4, -0.2) is 25.6 Å². The minimum atomic E-state index is -0.970. The number of carboxylic acids is 1. The van der Waals surface area contributed by atoms with Crippen molar-refractivity contribution in [3.05, 3.63) is 88.5 Å². The van der Waals surface area contributed by atoms with E-state index in [1.54, 1.807) is 37.4 Å². The van der Waals surface area contributed by atoms with Crippen LogP contribution in [0.4, 0.5) is 4.39 Å². The van der Waals surface area contributed by atoms with Gasteiger partial charge in [0.05, 0.1) is 29.7 Å². The summed E-state index contributed by atoms with van der Waals surface area (Å²) in [5.74, 6) is -0.405. The summed E-state index contributed by atoms with van der Waals surface area (Å²) in [4.78, 5) is 20.1. The number of allylic oxidation sites excluding steroid dienone is 1. The van der Waals surface area contributed by atoms with Crippen LogP contribution in [0, 0.1) is 12.7 Å². The molecule has 0 saturated heterocycles. The van der Waals surface area contributed by atoms with Crippen LogP contribution in [0.3, 0.4) is 0 Å². The maximum atomic E-state index is 13.2. The van der Waals surface area contributed by atoms with Crippen molar-refractivity contribution in [2.45, 2.75) is 33.5 Å². The lowest BCUT2D eigenvalue weighted by Gasteiger charge is -2.12. The Hall–Kier alpha value is -3.32. The molecule has 2 N–H and O–H groups in total. The number of rotatable bonds is 8. The van der Waals surface area contributed by atoms with Crippen molar-refractivity contribution >= 4 is 12.0 Å². The largest absolute Gasteiger partial charge is 0.478 e. The van der Waals surface area contributed by atoms with E-state index in [-0.39, 0.29) is 11.4 Å². The van der Waals surface area contributed by atoms with Gasteiger partial charge in [0.25, 0.3) is 0 Å². The Morgan fingerprint density at radius 3 is 2.69 bits per heavy atom. The number of nitrogens with zero attached hydrogens (tertiary/aromatic N) is 3. The van der Waals surface area contributed by atoms with Crippen LogP contribution in [0.1, 0.15) is 45.8 Å². The summed E-state index contributed by atoms with van der Waals surface area (Å²) in [6, 6.07) is 9.53. The third kappa shape index (κ3) is 5.36. The Balaban J connectivity index is 1.74. The molecule has 0 aliphatic carbocycles. The normalized spacial score (nSPS) is 11.3. The highest BCUT2D eigenvalue weighted by Gasteiger charge is 2.10. The molecular weight excluding hydrogens is 371 g/mol. The molecule has 6 nitrogen and oxygen atoms in total. The van der Waals surface area contributed by atoms with Crippen molar-refractivity contribution in [3.63, 3.8) is 0 Å². The number of nitrogens with one attached hydrogen (secondary N) is 1. The molecule has 2 aromatic heterocycles. The number of hydrogen-bond donors (Lipinski definition) is 2. The lowest BCUT2D eigenvalue weighted by atomic mass is 10.2. The van der Waals surface area contributed by atoms with Crippen molar-refractivity contribution in [1.29, 1.82) is 0 Å². The minimum absolute atomic E-state index is 0.225. The average molecular weight is 394 g/mol. The molecule has 29 heavy (non-hydrogen) atoms. The Morgan fingerprint density at radius 2 is 2.00 bits per heavy atom. The Kier molecular flexibility index (Phi) is 6.51. The van der Waals surface area contributed by atoms with E-state index in [0.717, 1.165) is 17.1 Å². The fourth-order valence-corrected chi connectivity index (χ4v) is 3.08. The third-order valence-corrected chi connectivity index (χ3v) is 4.40. The molecule has 0 amide bonds. The number of carbonyl (C=O) groups is 1. The zero-order valence-corrected chi connectivity index (χ0v) is 16.4. The second-order valence-electron chi connectivity index (χ2n) is 6.71. The van der Waals surface area contributed by atoms with Crippen LogP contribution < -0.4 is 5.32 Å². The maximum Gasteiger partial charge on any atom is 0.335 e. The number of aryl methyl sites for hydroxylation is 1. The van der Waals surface area contributed by atoms with E-state index in [0.29, 0.717) is 31.0 Å². The summed E-state index contributed by atoms with van der Waals surface area (Å²) in [5, 5.41) is 12.5. The second kappa shape index (κ2) is 9.25. The highest BCUT2D eigenvalue weighted by atomic mass is 19.1. The van der Waals surface area contributed by atoms with Gasteiger partial charge in [-0.1, -0.05) is 18.2 Å². The Morgan fingerprint density at radius 1 is 1.24 bits per heavy atom. The molecule has 0 spiro atoms. The first-order chi connectivity index (χ1) is 14.0. The summed E-state index contributed by atoms with van der Waals surface area (Å²) in [7, 11) is 0. The van der Waals surface area contributed by atoms with Crippen LogP contribution in [-0.2, 0) is 19.6 Å². The molecule has 150 valence electrons. The van der Waals surface area contributed by atoms with Gasteiger partial charge in [0.2, 0.25) is 0 Å². The quantitative estimate of drug-likeness (QED) is 0.608. The first kappa shape index (κ1) is 20.4. The number of imidazole rings is 1. The number of carboxylic acid groups (broad SMARTS) is 1. The van der Waals surface area contributed by atoms with E-state index in [9.17, 15) is 14.3 Å². The number of aromatic carboxylic acids is 1. The van der Waals surface area contributed by atoms with Gasteiger partial charge in [-0.25, -0.2) is 14.2 Å². The van der Waals surface area contributed by atoms with Crippen molar-refractivity contribution in [3.8, 4) is 0 Å². The van der Waals surface area contributed by atoms with Gasteiger partial charge >= 0.3 is 5.97 Å². The van der Waals surface area contributed by atoms with Crippen LogP contribution in [0.15, 0.2) is 48.7 Å². The summed E-state index contributed by atoms with van der Waals surface area (Å²) in [6.07, 6.45) is 5.72. The zero-order chi connectivity index (χ0) is 20.8. The van der Waals surface area contributed by atoms with E-state index in [1.165, 1.54) is 12.1 Å². The monoisotopic (exact) mass is 394 g/mol. The lowest BCUT2D eigenvalue weighted by molar-refractivity contribution is 0.0696. The van der Waals surface area contributed by atoms with Crippen LogP contribution >= 0.6 is 0 Å². The fourth-order valence-electron chi connectivity index (χ4n) is 3.08. The van der Waals surface area contributed by atoms with E-state index >= 15 is 0 Å². The molecule has 3 aromatic rings. The molecule has 7 heteroatoms. The maximum absolute atomic E-state index is 13.2. The molecule has 0 unspecified atom stereocenters. The van der Waals surface area contributed by atoms with Gasteiger partial charge in [0.1, 0.15) is 11.6 Å². The second-order valence-corrected chi connectivity index (χ2v) is 6.71. The fraction of sp³-hybridized carbons (Fsp3) is 0.227. The van der Waals surface area contributed by atoms with Gasteiger partial charge in [-0.2, -0.15) is 0 Å². The molecule has 3 rings (SSSR count). The Bertz CT molecular complexity index is 1030. The van der Waals surface area contributed by atoms with Crippen molar-refractivity contribution < 1.29 is 14.3 Å². The minimum Gasteiger partial charge on any atom is -0.478 e. The van der Waals surface area contributed by atoms with E-state index in [4.69, 9.17) is 0 Å². The summed E-state index contributed by atoms with van der Waals surface area (Å²) in [6.45, 7) is 5.19. The number of pyridine rings is 1. The van der Waals surface area contributed by atoms with Gasteiger partial charge in [0.15, 0.2) is 0 Å². The van der Waals surface area contributed by atoms with Crippen LogP contribution in [0.2, 0.25) is 0 Å². The van der Waals surface area contributed by atoms with Crippen molar-refractivity contribution in [2.24, 2.45) is 0 Å². The third-order valence-electron chi connectivity index (χ3n) is 4.40.